The van der Waals surface area contributed by atoms with Gasteiger partial charge < -0.3 is 10.6 Å². The lowest BCUT2D eigenvalue weighted by atomic mass is 10.1. The molecule has 11 heteroatoms. The van der Waals surface area contributed by atoms with Gasteiger partial charge in [0.25, 0.3) is 5.91 Å². The van der Waals surface area contributed by atoms with Crippen LogP contribution in [-0.2, 0) is 9.59 Å². The van der Waals surface area contributed by atoms with E-state index in [0.717, 1.165) is 6.07 Å². The monoisotopic (exact) mass is 585 g/mol. The maximum absolute atomic E-state index is 13.7. The molecule has 5 nitrogen and oxygen atoms in total. The fraction of sp³-hybridized carbons (Fsp3) is 0.160. The number of alkyl halides is 2. The van der Waals surface area contributed by atoms with Crippen molar-refractivity contribution in [1.29, 1.82) is 5.26 Å². The third-order valence-electron chi connectivity index (χ3n) is 5.34. The van der Waals surface area contributed by atoms with Gasteiger partial charge in [-0.15, -0.1) is 23.2 Å². The normalized spacial score (nSPS) is 18.7. The minimum Gasteiger partial charge on any atom is -0.326 e. The number of nitrogens with zero attached hydrogens (tertiary/aromatic N) is 1. The summed E-state index contributed by atoms with van der Waals surface area (Å²) in [5, 5.41) is 14.7. The molecule has 1 fully saturated rings. The summed E-state index contributed by atoms with van der Waals surface area (Å²) in [5.74, 6) is -3.10. The Hall–Kier alpha value is -2.53. The molecule has 0 heterocycles. The molecule has 2 aromatic rings. The molecular weight excluding hydrogens is 571 g/mol. The maximum Gasteiger partial charge on any atom is 0.252 e. The van der Waals surface area contributed by atoms with Gasteiger partial charge in [-0.1, -0.05) is 41.4 Å². The van der Waals surface area contributed by atoms with Crippen molar-refractivity contribution in [2.75, 3.05) is 5.32 Å². The quantitative estimate of drug-likeness (QED) is 0.204. The van der Waals surface area contributed by atoms with Gasteiger partial charge >= 0.3 is 0 Å². The van der Waals surface area contributed by atoms with Crippen molar-refractivity contribution in [2.24, 2.45) is 5.92 Å². The first-order valence-corrected chi connectivity index (χ1v) is 12.1. The Bertz CT molecular complexity index is 1340. The molecule has 0 aromatic heterocycles. The minimum atomic E-state index is -1.35. The molecule has 0 spiro atoms. The number of hydrogen-bond acceptors (Lipinski definition) is 3. The number of amides is 2. The number of carbonyl (C=O) groups is 2. The number of benzene rings is 2. The second-order valence-corrected chi connectivity index (χ2v) is 10.6. The molecule has 1 aliphatic rings. The van der Waals surface area contributed by atoms with Gasteiger partial charge in [0.2, 0.25) is 5.91 Å². The van der Waals surface area contributed by atoms with Gasteiger partial charge in [-0.25, -0.2) is 4.39 Å². The predicted molar refractivity (Wildman–Crippen MR) is 142 cm³/mol. The van der Waals surface area contributed by atoms with E-state index in [1.165, 1.54) is 31.2 Å². The summed E-state index contributed by atoms with van der Waals surface area (Å²) in [6.45, 7) is 5.21. The maximum atomic E-state index is 13.7. The Morgan fingerprint density at radius 3 is 2.36 bits per heavy atom. The smallest absolute Gasteiger partial charge is 0.252 e. The van der Waals surface area contributed by atoms with E-state index in [1.54, 1.807) is 24.3 Å². The highest BCUT2D eigenvalue weighted by atomic mass is 35.5. The lowest BCUT2D eigenvalue weighted by molar-refractivity contribution is -0.121. The average molecular weight is 588 g/mol. The fourth-order valence-electron chi connectivity index (χ4n) is 3.42. The molecule has 2 amide bonds. The Balaban J connectivity index is 1.62. The lowest BCUT2D eigenvalue weighted by Gasteiger charge is -2.07. The molecule has 1 aliphatic carbocycles. The topological polar surface area (TPSA) is 82.0 Å². The van der Waals surface area contributed by atoms with Crippen LogP contribution >= 0.6 is 58.0 Å². The lowest BCUT2D eigenvalue weighted by Crippen LogP contribution is -2.25. The molecule has 0 aliphatic heterocycles. The highest BCUT2D eigenvalue weighted by molar-refractivity contribution is 6.53. The Morgan fingerprint density at radius 2 is 1.78 bits per heavy atom. The summed E-state index contributed by atoms with van der Waals surface area (Å²) < 4.78 is 12.4. The molecular formula is C25H17Cl5FN3O2. The van der Waals surface area contributed by atoms with Crippen LogP contribution in [-0.4, -0.2) is 16.1 Å². The van der Waals surface area contributed by atoms with Crippen molar-refractivity contribution in [1.82, 2.24) is 5.32 Å². The summed E-state index contributed by atoms with van der Waals surface area (Å²) >= 11 is 31.0. The predicted octanol–water partition coefficient (Wildman–Crippen LogP) is 7.23. The van der Waals surface area contributed by atoms with Crippen molar-refractivity contribution >= 4 is 75.5 Å². The van der Waals surface area contributed by atoms with Crippen molar-refractivity contribution in [2.45, 2.75) is 17.2 Å². The first-order chi connectivity index (χ1) is 16.8. The van der Waals surface area contributed by atoms with Crippen LogP contribution in [0.2, 0.25) is 10.0 Å². The van der Waals surface area contributed by atoms with E-state index in [0.29, 0.717) is 15.6 Å². The number of nitriles is 1. The Labute approximate surface area is 232 Å². The number of carbonyl (C=O) groups excluding carboxylic acids is 2. The third kappa shape index (κ3) is 6.42. The fourth-order valence-corrected chi connectivity index (χ4v) is 4.94. The van der Waals surface area contributed by atoms with Crippen LogP contribution in [0.15, 0.2) is 71.4 Å². The van der Waals surface area contributed by atoms with Crippen LogP contribution < -0.4 is 10.6 Å². The third-order valence-corrected chi connectivity index (χ3v) is 7.13. The van der Waals surface area contributed by atoms with Crippen LogP contribution in [0.1, 0.15) is 24.0 Å². The summed E-state index contributed by atoms with van der Waals surface area (Å²) in [6, 6.07) is 10.2. The van der Waals surface area contributed by atoms with E-state index in [4.69, 9.17) is 63.3 Å². The van der Waals surface area contributed by atoms with Crippen LogP contribution in [0.3, 0.4) is 0 Å². The second kappa shape index (κ2) is 11.2. The zero-order valence-electron chi connectivity index (χ0n) is 18.5. The number of hydrogen-bond donors (Lipinski definition) is 2. The molecule has 3 rings (SSSR count). The van der Waals surface area contributed by atoms with Gasteiger partial charge in [0.15, 0.2) is 0 Å². The largest absolute Gasteiger partial charge is 0.326 e. The molecule has 2 aromatic carbocycles. The molecule has 1 saturated carbocycles. The van der Waals surface area contributed by atoms with E-state index >= 15 is 0 Å². The number of anilines is 1. The minimum absolute atomic E-state index is 0.0546. The van der Waals surface area contributed by atoms with Gasteiger partial charge in [-0.05, 0) is 61.0 Å². The zero-order chi connectivity index (χ0) is 26.8. The number of allylic oxidation sites excluding steroid dienone is 3. The summed E-state index contributed by atoms with van der Waals surface area (Å²) in [6.07, 6.45) is 2.77. The molecule has 0 bridgehead atoms. The molecule has 0 saturated heterocycles. The summed E-state index contributed by atoms with van der Waals surface area (Å²) in [5.41, 5.74) is 0.952. The van der Waals surface area contributed by atoms with Crippen molar-refractivity contribution in [3.8, 4) is 6.07 Å². The summed E-state index contributed by atoms with van der Waals surface area (Å²) in [7, 11) is 0. The van der Waals surface area contributed by atoms with Gasteiger partial charge in [-0.3, -0.25) is 9.59 Å². The first kappa shape index (κ1) is 28.0. The number of nitrogens with one attached hydrogen (secondary N) is 2. The molecule has 0 radical (unpaired) electrons. The van der Waals surface area contributed by atoms with Gasteiger partial charge in [0.1, 0.15) is 16.2 Å². The molecule has 2 unspecified atom stereocenters. The van der Waals surface area contributed by atoms with Crippen LogP contribution in [0.25, 0.3) is 0 Å². The molecule has 2 N–H and O–H groups in total. The second-order valence-electron chi connectivity index (χ2n) is 7.91. The van der Waals surface area contributed by atoms with Gasteiger partial charge in [0, 0.05) is 38.0 Å². The van der Waals surface area contributed by atoms with E-state index in [-0.39, 0.29) is 27.6 Å². The molecule has 186 valence electrons. The molecule has 36 heavy (non-hydrogen) atoms. The van der Waals surface area contributed by atoms with Crippen molar-refractivity contribution in [3.63, 3.8) is 0 Å². The zero-order valence-corrected chi connectivity index (χ0v) is 22.3. The van der Waals surface area contributed by atoms with Crippen LogP contribution in [0.5, 0.6) is 0 Å². The molecule has 2 atom stereocenters. The Kier molecular flexibility index (Phi) is 8.76. The Morgan fingerprint density at radius 1 is 1.14 bits per heavy atom. The van der Waals surface area contributed by atoms with Crippen molar-refractivity contribution < 1.29 is 14.0 Å². The highest BCUT2D eigenvalue weighted by Crippen LogP contribution is 2.65. The number of halogens is 6. The van der Waals surface area contributed by atoms with Crippen LogP contribution in [0.4, 0.5) is 10.1 Å². The van der Waals surface area contributed by atoms with E-state index in [2.05, 4.69) is 17.2 Å². The number of rotatable bonds is 7. The first-order valence-electron chi connectivity index (χ1n) is 10.2. The van der Waals surface area contributed by atoms with Gasteiger partial charge in [-0.2, -0.15) is 5.26 Å². The van der Waals surface area contributed by atoms with Gasteiger partial charge in [0.05, 0.1) is 11.5 Å². The highest BCUT2D eigenvalue weighted by Gasteiger charge is 2.67. The van der Waals surface area contributed by atoms with Crippen molar-refractivity contribution in [3.05, 3.63) is 98.4 Å². The summed E-state index contributed by atoms with van der Waals surface area (Å²) in [4.78, 5) is 25.2. The SMILES string of the molecule is C=C(/C=C\C(Cl)=C(/C)C(=O)Nc1ccc(C#N)c(F)c1)NC(=O)C1C(c2cc(Cl)cc(Cl)c2)C1(Cl)Cl. The van der Waals surface area contributed by atoms with E-state index in [9.17, 15) is 14.0 Å². The standard InChI is InChI=1S/C25H17Cl5FN3O2/c1-12(33-24(36)22-21(25(22,29)30)15-7-16(26)9-17(27)8-15)3-6-19(28)13(2)23(35)34-18-5-4-14(11-32)20(31)10-18/h3-10,21-22H,1H2,2H3,(H,33,36)(H,34,35)/b6-3-,19-13-. The van der Waals surface area contributed by atoms with E-state index < -0.39 is 33.8 Å². The van der Waals surface area contributed by atoms with E-state index in [1.807, 2.05) is 0 Å². The average Bonchev–Trinajstić information content (AvgIpc) is 3.38. The van der Waals surface area contributed by atoms with Crippen LogP contribution in [0, 0.1) is 23.1 Å².